The van der Waals surface area contributed by atoms with Gasteiger partial charge in [0.15, 0.2) is 0 Å². The van der Waals surface area contributed by atoms with E-state index in [1.54, 1.807) is 0 Å². The van der Waals surface area contributed by atoms with E-state index in [1.807, 2.05) is 0 Å². The molecule has 228 valence electrons. The Bertz CT molecular complexity index is 2680. The topological polar surface area (TPSA) is 3.24 Å². The highest BCUT2D eigenvalue weighted by molar-refractivity contribution is 6.14. The standard InChI is InChI=1S/C48H31N/c1-2-10-32(11-3-1)33-20-24-39(25-21-33)49(40-26-22-35(23-27-40)42-18-8-15-34-12-6-7-17-41(34)42)48-19-9-16-38-30-46-44-28-36-13-4-5-14-37(36)29-45(44)47(46)31-43(38)48/h1-31H. The minimum absolute atomic E-state index is 1.12. The second-order valence-electron chi connectivity index (χ2n) is 13.0. The summed E-state index contributed by atoms with van der Waals surface area (Å²) in [6.07, 6.45) is 0. The minimum Gasteiger partial charge on any atom is -0.310 e. The van der Waals surface area contributed by atoms with Crippen LogP contribution in [0.5, 0.6) is 0 Å². The van der Waals surface area contributed by atoms with E-state index in [1.165, 1.54) is 82.5 Å². The van der Waals surface area contributed by atoms with E-state index in [0.717, 1.165) is 11.4 Å². The Balaban J connectivity index is 1.12. The van der Waals surface area contributed by atoms with Crippen LogP contribution in [-0.4, -0.2) is 0 Å². The fourth-order valence-electron chi connectivity index (χ4n) is 7.70. The molecule has 9 aromatic rings. The summed E-state index contributed by atoms with van der Waals surface area (Å²) in [6, 6.07) is 68.7. The van der Waals surface area contributed by atoms with Crippen molar-refractivity contribution in [3.8, 4) is 44.5 Å². The predicted octanol–water partition coefficient (Wildman–Crippen LogP) is 13.6. The van der Waals surface area contributed by atoms with E-state index in [2.05, 4.69) is 193 Å². The van der Waals surface area contributed by atoms with E-state index in [0.29, 0.717) is 0 Å². The zero-order valence-corrected chi connectivity index (χ0v) is 26.8. The molecule has 0 spiro atoms. The van der Waals surface area contributed by atoms with Gasteiger partial charge in [0.25, 0.3) is 0 Å². The summed E-state index contributed by atoms with van der Waals surface area (Å²) in [4.78, 5) is 2.41. The van der Waals surface area contributed by atoms with E-state index in [4.69, 9.17) is 0 Å². The number of rotatable bonds is 5. The maximum absolute atomic E-state index is 2.41. The van der Waals surface area contributed by atoms with Gasteiger partial charge in [0, 0.05) is 16.8 Å². The molecule has 1 heteroatoms. The van der Waals surface area contributed by atoms with Gasteiger partial charge < -0.3 is 4.90 Å². The number of nitrogens with zero attached hydrogens (tertiary/aromatic N) is 1. The van der Waals surface area contributed by atoms with Crippen LogP contribution in [0.3, 0.4) is 0 Å². The molecule has 0 fully saturated rings. The maximum atomic E-state index is 2.41. The van der Waals surface area contributed by atoms with Gasteiger partial charge in [-0.05, 0) is 126 Å². The molecule has 0 N–H and O–H groups in total. The molecule has 0 saturated carbocycles. The van der Waals surface area contributed by atoms with Crippen molar-refractivity contribution in [3.63, 3.8) is 0 Å². The van der Waals surface area contributed by atoms with Gasteiger partial charge >= 0.3 is 0 Å². The lowest BCUT2D eigenvalue weighted by molar-refractivity contribution is 1.30. The van der Waals surface area contributed by atoms with Crippen LogP contribution in [0.25, 0.3) is 76.8 Å². The van der Waals surface area contributed by atoms with Gasteiger partial charge in [-0.2, -0.15) is 0 Å². The average molecular weight is 622 g/mol. The Morgan fingerprint density at radius 2 is 0.755 bits per heavy atom. The lowest BCUT2D eigenvalue weighted by Crippen LogP contribution is -2.11. The molecule has 9 aromatic carbocycles. The normalized spacial score (nSPS) is 11.7. The fraction of sp³-hybridized carbons (Fsp3) is 0. The van der Waals surface area contributed by atoms with E-state index in [-0.39, 0.29) is 0 Å². The Labute approximate surface area is 286 Å². The van der Waals surface area contributed by atoms with E-state index >= 15 is 0 Å². The molecule has 0 amide bonds. The van der Waals surface area contributed by atoms with Crippen molar-refractivity contribution in [2.75, 3.05) is 4.90 Å². The highest BCUT2D eigenvalue weighted by Gasteiger charge is 2.25. The Kier molecular flexibility index (Phi) is 6.25. The van der Waals surface area contributed by atoms with Crippen LogP contribution in [-0.2, 0) is 0 Å². The molecule has 0 heterocycles. The van der Waals surface area contributed by atoms with Crippen LogP contribution in [0.1, 0.15) is 0 Å². The first kappa shape index (κ1) is 27.7. The van der Waals surface area contributed by atoms with Gasteiger partial charge in [-0.1, -0.05) is 133 Å². The minimum atomic E-state index is 1.12. The van der Waals surface area contributed by atoms with Gasteiger partial charge in [0.1, 0.15) is 0 Å². The van der Waals surface area contributed by atoms with Crippen molar-refractivity contribution in [2.24, 2.45) is 0 Å². The summed E-state index contributed by atoms with van der Waals surface area (Å²) in [5, 5.41) is 7.58. The monoisotopic (exact) mass is 621 g/mol. The number of benzene rings is 9. The molecule has 1 nitrogen and oxygen atoms in total. The number of fused-ring (bicyclic) bond motifs is 7. The Morgan fingerprint density at radius 3 is 1.45 bits per heavy atom. The third kappa shape index (κ3) is 4.55. The second kappa shape index (κ2) is 11.1. The first-order valence-electron chi connectivity index (χ1n) is 16.9. The second-order valence-corrected chi connectivity index (χ2v) is 13.0. The maximum Gasteiger partial charge on any atom is 0.0540 e. The van der Waals surface area contributed by atoms with E-state index < -0.39 is 0 Å². The van der Waals surface area contributed by atoms with Crippen molar-refractivity contribution in [2.45, 2.75) is 0 Å². The van der Waals surface area contributed by atoms with Crippen molar-refractivity contribution < 1.29 is 0 Å². The number of hydrogen-bond acceptors (Lipinski definition) is 1. The molecular weight excluding hydrogens is 591 g/mol. The van der Waals surface area contributed by atoms with Crippen LogP contribution in [0.4, 0.5) is 17.1 Å². The lowest BCUT2D eigenvalue weighted by Gasteiger charge is -2.30. The zero-order chi connectivity index (χ0) is 32.3. The summed E-state index contributed by atoms with van der Waals surface area (Å²) in [6.45, 7) is 0. The SMILES string of the molecule is c1ccc(-c2ccc(N(c3ccc(-c4cccc5ccccc45)cc3)c3cccc4cc5c(cc34)-c3cc4ccccc4cc3-5)cc2)cc1. The average Bonchev–Trinajstić information content (AvgIpc) is 3.17. The van der Waals surface area contributed by atoms with Crippen molar-refractivity contribution >= 4 is 49.4 Å². The highest BCUT2D eigenvalue weighted by atomic mass is 15.1. The van der Waals surface area contributed by atoms with Crippen LogP contribution in [0.2, 0.25) is 0 Å². The molecule has 0 bridgehead atoms. The Hall–Kier alpha value is -6.44. The van der Waals surface area contributed by atoms with Crippen LogP contribution in [0, 0.1) is 0 Å². The molecule has 49 heavy (non-hydrogen) atoms. The van der Waals surface area contributed by atoms with Gasteiger partial charge in [-0.15, -0.1) is 0 Å². The molecule has 0 aliphatic heterocycles. The van der Waals surface area contributed by atoms with Gasteiger partial charge in [-0.3, -0.25) is 0 Å². The van der Waals surface area contributed by atoms with Crippen molar-refractivity contribution in [1.82, 2.24) is 0 Å². The highest BCUT2D eigenvalue weighted by Crippen LogP contribution is 2.52. The zero-order valence-electron chi connectivity index (χ0n) is 26.8. The lowest BCUT2D eigenvalue weighted by atomic mass is 9.78. The number of hydrogen-bond donors (Lipinski definition) is 0. The largest absolute Gasteiger partial charge is 0.310 e. The van der Waals surface area contributed by atoms with Crippen LogP contribution >= 0.6 is 0 Å². The quantitative estimate of drug-likeness (QED) is 0.185. The molecular formula is C48H31N. The van der Waals surface area contributed by atoms with Gasteiger partial charge in [0.05, 0.1) is 5.69 Å². The molecule has 0 saturated heterocycles. The molecule has 0 aromatic heterocycles. The van der Waals surface area contributed by atoms with Crippen LogP contribution in [0.15, 0.2) is 188 Å². The molecule has 0 radical (unpaired) electrons. The first-order valence-corrected chi connectivity index (χ1v) is 16.9. The predicted molar refractivity (Wildman–Crippen MR) is 209 cm³/mol. The molecule has 0 unspecified atom stereocenters. The van der Waals surface area contributed by atoms with Crippen molar-refractivity contribution in [1.29, 1.82) is 0 Å². The Morgan fingerprint density at radius 1 is 0.265 bits per heavy atom. The summed E-state index contributed by atoms with van der Waals surface area (Å²) >= 11 is 0. The van der Waals surface area contributed by atoms with Crippen molar-refractivity contribution in [3.05, 3.63) is 188 Å². The third-order valence-electron chi connectivity index (χ3n) is 10.2. The van der Waals surface area contributed by atoms with Gasteiger partial charge in [0.2, 0.25) is 0 Å². The smallest absolute Gasteiger partial charge is 0.0540 e. The summed E-state index contributed by atoms with van der Waals surface area (Å²) < 4.78 is 0. The first-order chi connectivity index (χ1) is 24.3. The van der Waals surface area contributed by atoms with Gasteiger partial charge in [-0.25, -0.2) is 0 Å². The summed E-state index contributed by atoms with van der Waals surface area (Å²) in [5.41, 5.74) is 13.6. The molecule has 10 rings (SSSR count). The molecule has 0 atom stereocenters. The summed E-state index contributed by atoms with van der Waals surface area (Å²) in [7, 11) is 0. The van der Waals surface area contributed by atoms with Crippen LogP contribution < -0.4 is 4.90 Å². The summed E-state index contributed by atoms with van der Waals surface area (Å²) in [5.74, 6) is 0. The molecule has 1 aliphatic carbocycles. The molecule has 1 aliphatic rings. The number of anilines is 3. The third-order valence-corrected chi connectivity index (χ3v) is 10.2. The fourth-order valence-corrected chi connectivity index (χ4v) is 7.70. The van der Waals surface area contributed by atoms with E-state index in [9.17, 15) is 0 Å².